The van der Waals surface area contributed by atoms with Crippen LogP contribution in [0.3, 0.4) is 0 Å². The van der Waals surface area contributed by atoms with E-state index in [2.05, 4.69) is 28.9 Å². The summed E-state index contributed by atoms with van der Waals surface area (Å²) in [5, 5.41) is 13.4. The van der Waals surface area contributed by atoms with Gasteiger partial charge in [0.2, 0.25) is 0 Å². The molecule has 5 heteroatoms. The van der Waals surface area contributed by atoms with Crippen molar-refractivity contribution in [1.29, 1.82) is 0 Å². The van der Waals surface area contributed by atoms with Crippen LogP contribution in [-0.4, -0.2) is 24.9 Å². The molecule has 0 fully saturated rings. The maximum atomic E-state index is 8.97. The molecule has 0 atom stereocenters. The molecule has 2 aromatic rings. The Morgan fingerprint density at radius 2 is 2.19 bits per heavy atom. The molecule has 5 nitrogen and oxygen atoms in total. The normalized spacial score (nSPS) is 11.0. The first kappa shape index (κ1) is 10.8. The quantitative estimate of drug-likeness (QED) is 0.842. The van der Waals surface area contributed by atoms with E-state index in [-0.39, 0.29) is 6.61 Å². The van der Waals surface area contributed by atoms with Crippen molar-refractivity contribution in [3.63, 3.8) is 0 Å². The molecule has 2 rings (SSSR count). The first-order valence-corrected chi connectivity index (χ1v) is 5.18. The second-order valence-corrected chi connectivity index (χ2v) is 3.87. The second-order valence-electron chi connectivity index (χ2n) is 3.87. The van der Waals surface area contributed by atoms with Crippen LogP contribution in [0, 0.1) is 0 Å². The smallest absolute Gasteiger partial charge is 0.172 e. The highest BCUT2D eigenvalue weighted by Gasteiger charge is 2.06. The number of hydrogen-bond donors (Lipinski definition) is 1. The maximum absolute atomic E-state index is 8.97. The Kier molecular flexibility index (Phi) is 2.96. The standard InChI is InChI=1S/C11H14N4O/c1-8(2)10-3-4-15(14-10)11-6-12-5-9(7-16)13-11/h3-6,8,16H,7H2,1-2H3. The number of aliphatic hydroxyl groups excluding tert-OH is 1. The molecule has 2 aromatic heterocycles. The Morgan fingerprint density at radius 3 is 2.81 bits per heavy atom. The van der Waals surface area contributed by atoms with Crippen LogP contribution in [0.25, 0.3) is 5.82 Å². The summed E-state index contributed by atoms with van der Waals surface area (Å²) < 4.78 is 1.67. The minimum absolute atomic E-state index is 0.112. The molecular formula is C11H14N4O. The van der Waals surface area contributed by atoms with Crippen molar-refractivity contribution < 1.29 is 5.11 Å². The third-order valence-corrected chi connectivity index (χ3v) is 2.27. The monoisotopic (exact) mass is 218 g/mol. The second kappa shape index (κ2) is 4.40. The third-order valence-electron chi connectivity index (χ3n) is 2.27. The molecule has 0 radical (unpaired) electrons. The van der Waals surface area contributed by atoms with Gasteiger partial charge in [0.15, 0.2) is 5.82 Å². The lowest BCUT2D eigenvalue weighted by Gasteiger charge is -2.02. The molecule has 0 aromatic carbocycles. The Hall–Kier alpha value is -1.75. The van der Waals surface area contributed by atoms with E-state index in [1.165, 1.54) is 6.20 Å². The summed E-state index contributed by atoms with van der Waals surface area (Å²) in [4.78, 5) is 8.22. The average molecular weight is 218 g/mol. The van der Waals surface area contributed by atoms with Crippen molar-refractivity contribution in [2.45, 2.75) is 26.4 Å². The fraction of sp³-hybridized carbons (Fsp3) is 0.364. The van der Waals surface area contributed by atoms with Crippen LogP contribution >= 0.6 is 0 Å². The summed E-state index contributed by atoms with van der Waals surface area (Å²) >= 11 is 0. The van der Waals surface area contributed by atoms with Crippen LogP contribution in [0.1, 0.15) is 31.2 Å². The third kappa shape index (κ3) is 2.09. The van der Waals surface area contributed by atoms with Gasteiger partial charge in [-0.05, 0) is 12.0 Å². The molecule has 84 valence electrons. The molecule has 1 N–H and O–H groups in total. The van der Waals surface area contributed by atoms with Crippen molar-refractivity contribution in [2.24, 2.45) is 0 Å². The van der Waals surface area contributed by atoms with Crippen molar-refractivity contribution in [3.05, 3.63) is 36.0 Å². The average Bonchev–Trinajstić information content (AvgIpc) is 2.78. The van der Waals surface area contributed by atoms with Gasteiger partial charge in [0.1, 0.15) is 0 Å². The van der Waals surface area contributed by atoms with Gasteiger partial charge < -0.3 is 5.11 Å². The fourth-order valence-electron chi connectivity index (χ4n) is 1.35. The maximum Gasteiger partial charge on any atom is 0.172 e. The lowest BCUT2D eigenvalue weighted by molar-refractivity contribution is 0.276. The van der Waals surface area contributed by atoms with Gasteiger partial charge in [0, 0.05) is 6.20 Å². The van der Waals surface area contributed by atoms with E-state index in [1.54, 1.807) is 10.9 Å². The predicted octanol–water partition coefficient (Wildman–Crippen LogP) is 1.28. The van der Waals surface area contributed by atoms with Gasteiger partial charge in [-0.25, -0.2) is 9.67 Å². The number of hydrogen-bond acceptors (Lipinski definition) is 4. The molecule has 0 aliphatic rings. The molecule has 0 saturated carbocycles. The Morgan fingerprint density at radius 1 is 1.38 bits per heavy atom. The lowest BCUT2D eigenvalue weighted by Crippen LogP contribution is -2.03. The Bertz CT molecular complexity index is 478. The van der Waals surface area contributed by atoms with E-state index < -0.39 is 0 Å². The van der Waals surface area contributed by atoms with Crippen molar-refractivity contribution >= 4 is 0 Å². The zero-order valence-electron chi connectivity index (χ0n) is 9.33. The first-order chi connectivity index (χ1) is 7.70. The van der Waals surface area contributed by atoms with Gasteiger partial charge >= 0.3 is 0 Å². The predicted molar refractivity (Wildman–Crippen MR) is 59.2 cm³/mol. The van der Waals surface area contributed by atoms with E-state index in [0.29, 0.717) is 17.4 Å². The van der Waals surface area contributed by atoms with E-state index in [9.17, 15) is 0 Å². The van der Waals surface area contributed by atoms with E-state index in [0.717, 1.165) is 5.69 Å². The van der Waals surface area contributed by atoms with Crippen LogP contribution in [0.2, 0.25) is 0 Å². The molecule has 2 heterocycles. The number of nitrogens with zero attached hydrogens (tertiary/aromatic N) is 4. The number of aliphatic hydroxyl groups is 1. The molecular weight excluding hydrogens is 204 g/mol. The van der Waals surface area contributed by atoms with Gasteiger partial charge in [0.25, 0.3) is 0 Å². The van der Waals surface area contributed by atoms with Gasteiger partial charge in [-0.2, -0.15) is 5.10 Å². The molecule has 0 amide bonds. The molecule has 0 aliphatic carbocycles. The van der Waals surface area contributed by atoms with Gasteiger partial charge in [0.05, 0.1) is 30.4 Å². The van der Waals surface area contributed by atoms with E-state index in [4.69, 9.17) is 5.11 Å². The van der Waals surface area contributed by atoms with Gasteiger partial charge in [-0.1, -0.05) is 13.8 Å². The first-order valence-electron chi connectivity index (χ1n) is 5.18. The van der Waals surface area contributed by atoms with Crippen molar-refractivity contribution in [1.82, 2.24) is 19.7 Å². The SMILES string of the molecule is CC(C)c1ccn(-c2cncc(CO)n2)n1. The molecule has 0 bridgehead atoms. The van der Waals surface area contributed by atoms with Crippen LogP contribution in [0.4, 0.5) is 0 Å². The van der Waals surface area contributed by atoms with Crippen LogP contribution in [-0.2, 0) is 6.61 Å². The molecule has 16 heavy (non-hydrogen) atoms. The number of aromatic nitrogens is 4. The zero-order valence-corrected chi connectivity index (χ0v) is 9.33. The van der Waals surface area contributed by atoms with Crippen LogP contribution in [0.15, 0.2) is 24.7 Å². The van der Waals surface area contributed by atoms with Crippen LogP contribution < -0.4 is 0 Å². The summed E-state index contributed by atoms with van der Waals surface area (Å²) in [6.45, 7) is 4.06. The van der Waals surface area contributed by atoms with Crippen molar-refractivity contribution in [2.75, 3.05) is 0 Å². The topological polar surface area (TPSA) is 63.8 Å². The highest BCUT2D eigenvalue weighted by Crippen LogP contribution is 2.12. The van der Waals surface area contributed by atoms with Crippen LogP contribution in [0.5, 0.6) is 0 Å². The summed E-state index contributed by atoms with van der Waals surface area (Å²) in [5.41, 5.74) is 1.55. The minimum Gasteiger partial charge on any atom is -0.390 e. The molecule has 0 aliphatic heterocycles. The highest BCUT2D eigenvalue weighted by molar-refractivity contribution is 5.20. The Balaban J connectivity index is 2.34. The highest BCUT2D eigenvalue weighted by atomic mass is 16.3. The number of rotatable bonds is 3. The largest absolute Gasteiger partial charge is 0.390 e. The molecule has 0 spiro atoms. The Labute approximate surface area is 93.8 Å². The lowest BCUT2D eigenvalue weighted by atomic mass is 10.1. The summed E-state index contributed by atoms with van der Waals surface area (Å²) in [7, 11) is 0. The van der Waals surface area contributed by atoms with Crippen molar-refractivity contribution in [3.8, 4) is 5.82 Å². The van der Waals surface area contributed by atoms with E-state index in [1.807, 2.05) is 12.3 Å². The fourth-order valence-corrected chi connectivity index (χ4v) is 1.35. The van der Waals surface area contributed by atoms with Gasteiger partial charge in [-0.3, -0.25) is 4.98 Å². The summed E-state index contributed by atoms with van der Waals surface area (Å²) in [6.07, 6.45) is 5.01. The molecule has 0 saturated heterocycles. The summed E-state index contributed by atoms with van der Waals surface area (Å²) in [5.74, 6) is 1.01. The molecule has 0 unspecified atom stereocenters. The van der Waals surface area contributed by atoms with Gasteiger partial charge in [-0.15, -0.1) is 0 Å². The van der Waals surface area contributed by atoms with E-state index >= 15 is 0 Å². The minimum atomic E-state index is -0.112. The zero-order chi connectivity index (χ0) is 11.5. The summed E-state index contributed by atoms with van der Waals surface area (Å²) in [6, 6.07) is 1.96.